The van der Waals surface area contributed by atoms with Crippen molar-refractivity contribution >= 4 is 11.8 Å². The van der Waals surface area contributed by atoms with E-state index in [9.17, 15) is 9.59 Å². The first-order valence-corrected chi connectivity index (χ1v) is 8.03. The molecule has 0 fully saturated rings. The minimum absolute atomic E-state index is 0.180. The van der Waals surface area contributed by atoms with Gasteiger partial charge in [0.25, 0.3) is 11.8 Å². The average Bonchev–Trinajstić information content (AvgIpc) is 2.72. The van der Waals surface area contributed by atoms with Crippen molar-refractivity contribution in [2.75, 3.05) is 0 Å². The monoisotopic (exact) mass is 347 g/mol. The van der Waals surface area contributed by atoms with Crippen molar-refractivity contribution in [3.8, 4) is 0 Å². The third-order valence-electron chi connectivity index (χ3n) is 3.59. The van der Waals surface area contributed by atoms with Crippen LogP contribution in [0.1, 0.15) is 32.1 Å². The van der Waals surface area contributed by atoms with E-state index in [-0.39, 0.29) is 17.5 Å². The molecule has 3 heterocycles. The Hall–Kier alpha value is -3.61. The van der Waals surface area contributed by atoms with E-state index < -0.39 is 0 Å². The van der Waals surface area contributed by atoms with Gasteiger partial charge in [-0.15, -0.1) is 0 Å². The maximum atomic E-state index is 12.3. The molecule has 0 aliphatic heterocycles. The van der Waals surface area contributed by atoms with Gasteiger partial charge < -0.3 is 10.6 Å². The van der Waals surface area contributed by atoms with Gasteiger partial charge in [-0.2, -0.15) is 0 Å². The smallest absolute Gasteiger partial charge is 0.270 e. The summed E-state index contributed by atoms with van der Waals surface area (Å²) in [5.74, 6) is -0.646. The van der Waals surface area contributed by atoms with Gasteiger partial charge in [-0.1, -0.05) is 12.1 Å². The minimum Gasteiger partial charge on any atom is -0.347 e. The first-order valence-electron chi connectivity index (χ1n) is 8.03. The number of hydrogen-bond acceptors (Lipinski definition) is 5. The molecule has 0 radical (unpaired) electrons. The largest absolute Gasteiger partial charge is 0.347 e. The SMILES string of the molecule is O=C(NCc1ccccn1)c1ccnc(C(=O)NCc2cccnc2)c1. The number of carbonyl (C=O) groups is 2. The van der Waals surface area contributed by atoms with Crippen LogP contribution >= 0.6 is 0 Å². The highest BCUT2D eigenvalue weighted by Crippen LogP contribution is 2.04. The van der Waals surface area contributed by atoms with E-state index in [1.54, 1.807) is 30.7 Å². The number of carbonyl (C=O) groups excluding carboxylic acids is 2. The maximum absolute atomic E-state index is 12.3. The molecule has 0 atom stereocenters. The summed E-state index contributed by atoms with van der Waals surface area (Å²) >= 11 is 0. The summed E-state index contributed by atoms with van der Waals surface area (Å²) in [6, 6.07) is 12.2. The number of rotatable bonds is 6. The Labute approximate surface area is 150 Å². The molecule has 3 rings (SSSR count). The number of aromatic nitrogens is 3. The lowest BCUT2D eigenvalue weighted by Crippen LogP contribution is -2.26. The summed E-state index contributed by atoms with van der Waals surface area (Å²) in [5, 5.41) is 5.53. The van der Waals surface area contributed by atoms with Gasteiger partial charge in [-0.05, 0) is 35.9 Å². The van der Waals surface area contributed by atoms with Gasteiger partial charge in [0, 0.05) is 36.9 Å². The van der Waals surface area contributed by atoms with Crippen molar-refractivity contribution < 1.29 is 9.59 Å². The molecule has 130 valence electrons. The molecule has 2 amide bonds. The number of nitrogens with zero attached hydrogens (tertiary/aromatic N) is 3. The Balaban J connectivity index is 1.60. The fourth-order valence-corrected chi connectivity index (χ4v) is 2.25. The molecule has 0 saturated carbocycles. The van der Waals surface area contributed by atoms with Crippen LogP contribution in [-0.2, 0) is 13.1 Å². The van der Waals surface area contributed by atoms with Gasteiger partial charge in [0.15, 0.2) is 0 Å². The predicted octanol–water partition coefficient (Wildman–Crippen LogP) is 1.73. The molecular weight excluding hydrogens is 330 g/mol. The summed E-state index contributed by atoms with van der Waals surface area (Å²) in [4.78, 5) is 36.7. The van der Waals surface area contributed by atoms with Gasteiger partial charge in [0.1, 0.15) is 5.69 Å². The zero-order chi connectivity index (χ0) is 18.2. The highest BCUT2D eigenvalue weighted by molar-refractivity contribution is 5.98. The summed E-state index contributed by atoms with van der Waals surface area (Å²) in [5.41, 5.74) is 2.18. The topological polar surface area (TPSA) is 96.9 Å². The lowest BCUT2D eigenvalue weighted by molar-refractivity contribution is 0.0946. The Morgan fingerprint density at radius 1 is 0.846 bits per heavy atom. The van der Waals surface area contributed by atoms with E-state index >= 15 is 0 Å². The van der Waals surface area contributed by atoms with Crippen LogP contribution in [0.25, 0.3) is 0 Å². The van der Waals surface area contributed by atoms with Crippen molar-refractivity contribution in [2.45, 2.75) is 13.1 Å². The van der Waals surface area contributed by atoms with Crippen molar-refractivity contribution in [2.24, 2.45) is 0 Å². The number of pyridine rings is 3. The van der Waals surface area contributed by atoms with Crippen molar-refractivity contribution in [3.63, 3.8) is 0 Å². The second-order valence-electron chi connectivity index (χ2n) is 5.48. The standard InChI is InChI=1S/C19H17N5O2/c25-18(24-13-16-5-1-2-8-21-16)15-6-9-22-17(10-15)19(26)23-12-14-4-3-7-20-11-14/h1-11H,12-13H2,(H,23,26)(H,24,25). The molecule has 3 aromatic heterocycles. The summed E-state index contributed by atoms with van der Waals surface area (Å²) < 4.78 is 0. The van der Waals surface area contributed by atoms with Crippen molar-refractivity contribution in [1.29, 1.82) is 0 Å². The van der Waals surface area contributed by atoms with Crippen LogP contribution in [0.4, 0.5) is 0 Å². The molecule has 2 N–H and O–H groups in total. The third-order valence-corrected chi connectivity index (χ3v) is 3.59. The molecule has 7 nitrogen and oxygen atoms in total. The predicted molar refractivity (Wildman–Crippen MR) is 95.1 cm³/mol. The molecule has 26 heavy (non-hydrogen) atoms. The number of amides is 2. The van der Waals surface area contributed by atoms with Crippen LogP contribution in [0.3, 0.4) is 0 Å². The van der Waals surface area contributed by atoms with E-state index in [4.69, 9.17) is 0 Å². The second kappa shape index (κ2) is 8.48. The van der Waals surface area contributed by atoms with Gasteiger partial charge >= 0.3 is 0 Å². The Morgan fingerprint density at radius 3 is 2.50 bits per heavy atom. The third kappa shape index (κ3) is 4.70. The van der Waals surface area contributed by atoms with E-state index in [2.05, 4.69) is 25.6 Å². The van der Waals surface area contributed by atoms with Crippen LogP contribution in [0.5, 0.6) is 0 Å². The van der Waals surface area contributed by atoms with E-state index in [1.807, 2.05) is 24.3 Å². The zero-order valence-electron chi connectivity index (χ0n) is 13.9. The highest BCUT2D eigenvalue weighted by Gasteiger charge is 2.12. The van der Waals surface area contributed by atoms with E-state index in [1.165, 1.54) is 12.3 Å². The zero-order valence-corrected chi connectivity index (χ0v) is 13.9. The first kappa shape index (κ1) is 17.2. The molecular formula is C19H17N5O2. The summed E-state index contributed by atoms with van der Waals surface area (Å²) in [6.45, 7) is 0.648. The van der Waals surface area contributed by atoms with E-state index in [0.717, 1.165) is 11.3 Å². The normalized spacial score (nSPS) is 10.2. The van der Waals surface area contributed by atoms with Crippen molar-refractivity contribution in [3.05, 3.63) is 89.8 Å². The molecule has 0 aliphatic rings. The molecule has 0 saturated heterocycles. The quantitative estimate of drug-likeness (QED) is 0.708. The maximum Gasteiger partial charge on any atom is 0.270 e. The van der Waals surface area contributed by atoms with Crippen LogP contribution in [0.2, 0.25) is 0 Å². The highest BCUT2D eigenvalue weighted by atomic mass is 16.2. The Bertz CT molecular complexity index is 814. The number of hydrogen-bond donors (Lipinski definition) is 2. The lowest BCUT2D eigenvalue weighted by Gasteiger charge is -2.07. The molecule has 0 aromatic carbocycles. The average molecular weight is 347 g/mol. The molecule has 0 aliphatic carbocycles. The second-order valence-corrected chi connectivity index (χ2v) is 5.48. The molecule has 0 bridgehead atoms. The summed E-state index contributed by atoms with van der Waals surface area (Å²) in [7, 11) is 0. The van der Waals surface area contributed by atoms with Crippen molar-refractivity contribution in [1.82, 2.24) is 25.6 Å². The van der Waals surface area contributed by atoms with Crippen LogP contribution in [0.15, 0.2) is 67.3 Å². The molecule has 7 heteroatoms. The number of nitrogens with one attached hydrogen (secondary N) is 2. The molecule has 0 spiro atoms. The Morgan fingerprint density at radius 2 is 1.73 bits per heavy atom. The van der Waals surface area contributed by atoms with Gasteiger partial charge in [0.05, 0.1) is 12.2 Å². The fraction of sp³-hybridized carbons (Fsp3) is 0.105. The van der Waals surface area contributed by atoms with Crippen LogP contribution in [-0.4, -0.2) is 26.8 Å². The van der Waals surface area contributed by atoms with Gasteiger partial charge in [0.2, 0.25) is 0 Å². The van der Waals surface area contributed by atoms with Gasteiger partial charge in [-0.3, -0.25) is 24.5 Å². The summed E-state index contributed by atoms with van der Waals surface area (Å²) in [6.07, 6.45) is 6.45. The minimum atomic E-state index is -0.353. The molecule has 0 unspecified atom stereocenters. The van der Waals surface area contributed by atoms with Crippen LogP contribution in [0, 0.1) is 0 Å². The van der Waals surface area contributed by atoms with Crippen LogP contribution < -0.4 is 10.6 Å². The fourth-order valence-electron chi connectivity index (χ4n) is 2.25. The van der Waals surface area contributed by atoms with E-state index in [0.29, 0.717) is 18.7 Å². The Kier molecular flexibility index (Phi) is 5.61. The first-order chi connectivity index (χ1) is 12.7. The van der Waals surface area contributed by atoms with Gasteiger partial charge in [-0.25, -0.2) is 0 Å². The lowest BCUT2D eigenvalue weighted by atomic mass is 10.2. The molecule has 3 aromatic rings.